The second kappa shape index (κ2) is 5.40. The molecule has 0 spiro atoms. The fourth-order valence-corrected chi connectivity index (χ4v) is 5.99. The number of aromatic carboxylic acids is 1. The number of hydrogen-bond acceptors (Lipinski definition) is 5. The first-order valence-electron chi connectivity index (χ1n) is 8.02. The lowest BCUT2D eigenvalue weighted by Crippen LogP contribution is -2.22. The maximum atomic E-state index is 12.0. The number of thiazole rings is 1. The second-order valence-electron chi connectivity index (χ2n) is 7.17. The van der Waals surface area contributed by atoms with E-state index < -0.39 is 5.97 Å². The van der Waals surface area contributed by atoms with Crippen molar-refractivity contribution in [2.75, 3.05) is 6.54 Å². The molecular weight excluding hydrogens is 328 g/mol. The molecule has 2 aromatic heterocycles. The highest BCUT2D eigenvalue weighted by molar-refractivity contribution is 7.22. The molecule has 0 saturated carbocycles. The van der Waals surface area contributed by atoms with Crippen LogP contribution in [0.15, 0.2) is 0 Å². The van der Waals surface area contributed by atoms with E-state index in [-0.39, 0.29) is 5.41 Å². The number of carbonyl (C=O) groups is 1. The summed E-state index contributed by atoms with van der Waals surface area (Å²) in [5.74, 6) is -0.804. The molecule has 0 fully saturated rings. The standard InChI is InChI=1S/C17H20N2O2S2/c1-17(2)5-3-11-9(7-17)13(16(20)21)14(22-11)15-19-10-4-6-18-8-12(10)23-15/h18H,3-8H2,1-2H3,(H,20,21). The van der Waals surface area contributed by atoms with E-state index in [2.05, 4.69) is 19.2 Å². The van der Waals surface area contributed by atoms with Gasteiger partial charge in [0.1, 0.15) is 5.01 Å². The van der Waals surface area contributed by atoms with Gasteiger partial charge in [-0.3, -0.25) is 0 Å². The van der Waals surface area contributed by atoms with E-state index in [0.717, 1.165) is 59.9 Å². The third-order valence-electron chi connectivity index (χ3n) is 4.79. The van der Waals surface area contributed by atoms with Crippen LogP contribution in [0.4, 0.5) is 0 Å². The molecule has 6 heteroatoms. The highest BCUT2D eigenvalue weighted by Crippen LogP contribution is 2.46. The van der Waals surface area contributed by atoms with Crippen molar-refractivity contribution in [2.24, 2.45) is 5.41 Å². The highest BCUT2D eigenvalue weighted by atomic mass is 32.1. The Hall–Kier alpha value is -1.24. The zero-order valence-corrected chi connectivity index (χ0v) is 15.0. The van der Waals surface area contributed by atoms with E-state index in [1.165, 1.54) is 9.75 Å². The van der Waals surface area contributed by atoms with Crippen LogP contribution in [-0.4, -0.2) is 22.6 Å². The monoisotopic (exact) mass is 348 g/mol. The van der Waals surface area contributed by atoms with Crippen LogP contribution in [0, 0.1) is 5.41 Å². The zero-order valence-electron chi connectivity index (χ0n) is 13.4. The highest BCUT2D eigenvalue weighted by Gasteiger charge is 2.34. The van der Waals surface area contributed by atoms with Crippen molar-refractivity contribution in [1.82, 2.24) is 10.3 Å². The molecule has 0 unspecified atom stereocenters. The summed E-state index contributed by atoms with van der Waals surface area (Å²) in [4.78, 5) is 20.1. The molecule has 0 aromatic carbocycles. The Morgan fingerprint density at radius 3 is 2.83 bits per heavy atom. The van der Waals surface area contributed by atoms with Gasteiger partial charge in [0.15, 0.2) is 0 Å². The van der Waals surface area contributed by atoms with Crippen molar-refractivity contribution in [3.63, 3.8) is 0 Å². The fraction of sp³-hybridized carbons (Fsp3) is 0.529. The van der Waals surface area contributed by atoms with Gasteiger partial charge >= 0.3 is 5.97 Å². The van der Waals surface area contributed by atoms with E-state index in [4.69, 9.17) is 4.98 Å². The summed E-state index contributed by atoms with van der Waals surface area (Å²) in [5.41, 5.74) is 2.89. The summed E-state index contributed by atoms with van der Waals surface area (Å²) >= 11 is 3.31. The third kappa shape index (κ3) is 2.62. The van der Waals surface area contributed by atoms with Gasteiger partial charge in [-0.15, -0.1) is 22.7 Å². The normalized spacial score (nSPS) is 19.2. The minimum atomic E-state index is -0.804. The quantitative estimate of drug-likeness (QED) is 0.868. The van der Waals surface area contributed by atoms with Gasteiger partial charge in [-0.2, -0.15) is 0 Å². The number of nitrogens with zero attached hydrogens (tertiary/aromatic N) is 1. The van der Waals surface area contributed by atoms with Crippen LogP contribution in [-0.2, 0) is 25.8 Å². The number of nitrogens with one attached hydrogen (secondary N) is 1. The molecule has 0 saturated heterocycles. The SMILES string of the molecule is CC1(C)CCc2sc(-c3nc4c(s3)CNCC4)c(C(=O)O)c2C1. The van der Waals surface area contributed by atoms with Crippen molar-refractivity contribution in [3.05, 3.63) is 26.6 Å². The third-order valence-corrected chi connectivity index (χ3v) is 7.33. The Balaban J connectivity index is 1.84. The van der Waals surface area contributed by atoms with Crippen molar-refractivity contribution in [3.8, 4) is 9.88 Å². The van der Waals surface area contributed by atoms with Crippen LogP contribution in [0.25, 0.3) is 9.88 Å². The Bertz CT molecular complexity index is 765. The number of carboxylic acids is 1. The molecule has 1 aliphatic carbocycles. The zero-order chi connectivity index (χ0) is 16.2. The molecule has 1 aliphatic heterocycles. The van der Waals surface area contributed by atoms with E-state index in [1.807, 2.05) is 0 Å². The molecule has 4 nitrogen and oxygen atoms in total. The average Bonchev–Trinajstić information content (AvgIpc) is 3.06. The minimum absolute atomic E-state index is 0.182. The number of aromatic nitrogens is 1. The number of fused-ring (bicyclic) bond motifs is 2. The van der Waals surface area contributed by atoms with Crippen LogP contribution in [0.2, 0.25) is 0 Å². The van der Waals surface area contributed by atoms with Crippen LogP contribution in [0.1, 0.15) is 51.6 Å². The molecule has 0 bridgehead atoms. The van der Waals surface area contributed by atoms with Crippen molar-refractivity contribution in [1.29, 1.82) is 0 Å². The molecule has 0 atom stereocenters. The molecule has 2 N–H and O–H groups in total. The number of rotatable bonds is 2. The van der Waals surface area contributed by atoms with Gasteiger partial charge in [0.25, 0.3) is 0 Å². The van der Waals surface area contributed by atoms with Gasteiger partial charge in [0, 0.05) is 29.3 Å². The lowest BCUT2D eigenvalue weighted by Gasteiger charge is -2.29. The average molecular weight is 348 g/mol. The van der Waals surface area contributed by atoms with E-state index >= 15 is 0 Å². The predicted octanol–water partition coefficient (Wildman–Crippen LogP) is 3.73. The second-order valence-corrected chi connectivity index (χ2v) is 9.36. The molecule has 2 aliphatic rings. The van der Waals surface area contributed by atoms with Crippen LogP contribution in [0.5, 0.6) is 0 Å². The first-order valence-corrected chi connectivity index (χ1v) is 9.65. The number of hydrogen-bond donors (Lipinski definition) is 2. The molecule has 2 aromatic rings. The predicted molar refractivity (Wildman–Crippen MR) is 93.6 cm³/mol. The summed E-state index contributed by atoms with van der Waals surface area (Å²) in [7, 11) is 0. The van der Waals surface area contributed by atoms with E-state index in [9.17, 15) is 9.90 Å². The minimum Gasteiger partial charge on any atom is -0.478 e. The molecule has 3 heterocycles. The smallest absolute Gasteiger partial charge is 0.337 e. The summed E-state index contributed by atoms with van der Waals surface area (Å²) in [5, 5.41) is 14.1. The largest absolute Gasteiger partial charge is 0.478 e. The fourth-order valence-electron chi connectivity index (χ4n) is 3.52. The number of carboxylic acid groups (broad SMARTS) is 1. The summed E-state index contributed by atoms with van der Waals surface area (Å²) in [6.45, 7) is 6.27. The number of aryl methyl sites for hydroxylation is 1. The molecule has 23 heavy (non-hydrogen) atoms. The van der Waals surface area contributed by atoms with Crippen molar-refractivity contribution < 1.29 is 9.90 Å². The molecule has 0 amide bonds. The number of thiophene rings is 1. The Labute approximate surface area is 143 Å². The van der Waals surface area contributed by atoms with Gasteiger partial charge in [0.05, 0.1) is 16.1 Å². The summed E-state index contributed by atoms with van der Waals surface area (Å²) in [6, 6.07) is 0. The van der Waals surface area contributed by atoms with Crippen LogP contribution >= 0.6 is 22.7 Å². The van der Waals surface area contributed by atoms with Crippen LogP contribution < -0.4 is 5.32 Å². The Morgan fingerprint density at radius 2 is 2.09 bits per heavy atom. The topological polar surface area (TPSA) is 62.2 Å². The molecule has 4 rings (SSSR count). The Kier molecular flexibility index (Phi) is 3.59. The summed E-state index contributed by atoms with van der Waals surface area (Å²) < 4.78 is 0. The molecule has 122 valence electrons. The first-order chi connectivity index (χ1) is 10.9. The van der Waals surface area contributed by atoms with Gasteiger partial charge < -0.3 is 10.4 Å². The lowest BCUT2D eigenvalue weighted by molar-refractivity contribution is 0.0696. The lowest BCUT2D eigenvalue weighted by atomic mass is 9.76. The Morgan fingerprint density at radius 1 is 1.26 bits per heavy atom. The molecular formula is C17H20N2O2S2. The maximum Gasteiger partial charge on any atom is 0.337 e. The van der Waals surface area contributed by atoms with E-state index in [0.29, 0.717) is 5.56 Å². The van der Waals surface area contributed by atoms with E-state index in [1.54, 1.807) is 22.7 Å². The molecule has 0 radical (unpaired) electrons. The van der Waals surface area contributed by atoms with Gasteiger partial charge in [-0.25, -0.2) is 9.78 Å². The van der Waals surface area contributed by atoms with Crippen LogP contribution in [0.3, 0.4) is 0 Å². The maximum absolute atomic E-state index is 12.0. The van der Waals surface area contributed by atoms with Gasteiger partial charge in [0.2, 0.25) is 0 Å². The van der Waals surface area contributed by atoms with Crippen molar-refractivity contribution >= 4 is 28.6 Å². The van der Waals surface area contributed by atoms with Gasteiger partial charge in [-0.05, 0) is 30.2 Å². The first kappa shape index (κ1) is 15.3. The van der Waals surface area contributed by atoms with Crippen molar-refractivity contribution in [2.45, 2.75) is 46.1 Å². The van der Waals surface area contributed by atoms with Gasteiger partial charge in [-0.1, -0.05) is 13.8 Å². The summed E-state index contributed by atoms with van der Waals surface area (Å²) in [6.07, 6.45) is 3.90.